The van der Waals surface area contributed by atoms with Gasteiger partial charge in [-0.05, 0) is 12.1 Å². The third-order valence-corrected chi connectivity index (χ3v) is 1.36. The number of pyridine rings is 1. The van der Waals surface area contributed by atoms with E-state index in [1.54, 1.807) is 6.20 Å². The summed E-state index contributed by atoms with van der Waals surface area (Å²) in [7, 11) is 0. The van der Waals surface area contributed by atoms with Crippen molar-refractivity contribution in [3.63, 3.8) is 0 Å². The van der Waals surface area contributed by atoms with Crippen molar-refractivity contribution < 1.29 is 10.3 Å². The van der Waals surface area contributed by atoms with Crippen LogP contribution < -0.4 is 0 Å². The van der Waals surface area contributed by atoms with E-state index in [-0.39, 0.29) is 0 Å². The van der Waals surface area contributed by atoms with E-state index < -0.39 is 5.09 Å². The Morgan fingerprint density at radius 3 is 2.85 bits per heavy atom. The highest BCUT2D eigenvalue weighted by atomic mass is 16.9. The Labute approximate surface area is 72.9 Å². The van der Waals surface area contributed by atoms with E-state index in [1.165, 1.54) is 5.39 Å². The van der Waals surface area contributed by atoms with Gasteiger partial charge in [0.1, 0.15) is 0 Å². The molecule has 0 saturated carbocycles. The fraction of sp³-hybridized carbons (Fsp3) is 0. The SMILES string of the molecule is O=[N+]([O-])O.c1cc2cc[nH]c2cn1. The van der Waals surface area contributed by atoms with Crippen molar-refractivity contribution in [2.45, 2.75) is 0 Å². The van der Waals surface area contributed by atoms with Gasteiger partial charge in [-0.15, -0.1) is 10.1 Å². The molecule has 68 valence electrons. The molecule has 0 amide bonds. The first-order valence-electron chi connectivity index (χ1n) is 3.40. The second-order valence-electron chi connectivity index (χ2n) is 2.18. The number of nitrogens with one attached hydrogen (secondary N) is 1. The Kier molecular flexibility index (Phi) is 2.80. The monoisotopic (exact) mass is 181 g/mol. The van der Waals surface area contributed by atoms with Crippen LogP contribution in [0.5, 0.6) is 0 Å². The minimum Gasteiger partial charge on any atom is -0.360 e. The van der Waals surface area contributed by atoms with Crippen LogP contribution in [0, 0.1) is 10.1 Å². The number of rotatable bonds is 0. The summed E-state index contributed by atoms with van der Waals surface area (Å²) in [6.45, 7) is 0. The molecule has 2 aromatic rings. The fourth-order valence-corrected chi connectivity index (χ4v) is 0.892. The average molecular weight is 181 g/mol. The summed E-state index contributed by atoms with van der Waals surface area (Å²) in [5, 5.41) is 14.9. The largest absolute Gasteiger partial charge is 0.360 e. The molecule has 0 aliphatic heterocycles. The van der Waals surface area contributed by atoms with E-state index in [1.807, 2.05) is 24.5 Å². The zero-order valence-corrected chi connectivity index (χ0v) is 6.54. The van der Waals surface area contributed by atoms with E-state index in [0.29, 0.717) is 0 Å². The Hall–Kier alpha value is -2.11. The molecule has 0 atom stereocenters. The molecule has 0 saturated heterocycles. The summed E-state index contributed by atoms with van der Waals surface area (Å²) in [6, 6.07) is 4.00. The predicted molar refractivity (Wildman–Crippen MR) is 44.9 cm³/mol. The van der Waals surface area contributed by atoms with Crippen LogP contribution in [0.4, 0.5) is 0 Å². The Morgan fingerprint density at radius 2 is 2.23 bits per heavy atom. The van der Waals surface area contributed by atoms with E-state index in [4.69, 9.17) is 15.3 Å². The van der Waals surface area contributed by atoms with Crippen molar-refractivity contribution in [3.05, 3.63) is 40.8 Å². The molecule has 6 heteroatoms. The van der Waals surface area contributed by atoms with Crippen LogP contribution in [0.2, 0.25) is 0 Å². The van der Waals surface area contributed by atoms with Crippen LogP contribution >= 0.6 is 0 Å². The maximum atomic E-state index is 8.36. The van der Waals surface area contributed by atoms with Crippen molar-refractivity contribution in [2.24, 2.45) is 0 Å². The Balaban J connectivity index is 0.000000184. The van der Waals surface area contributed by atoms with Crippen LogP contribution in [-0.4, -0.2) is 20.3 Å². The van der Waals surface area contributed by atoms with Gasteiger partial charge in [0.15, 0.2) is 0 Å². The second kappa shape index (κ2) is 4.05. The minimum absolute atomic E-state index is 1.09. The van der Waals surface area contributed by atoms with Crippen LogP contribution in [0.15, 0.2) is 30.7 Å². The van der Waals surface area contributed by atoms with Crippen LogP contribution in [0.25, 0.3) is 10.9 Å². The number of aromatic nitrogens is 2. The summed E-state index contributed by atoms with van der Waals surface area (Å²) < 4.78 is 0. The highest BCUT2D eigenvalue weighted by Crippen LogP contribution is 2.07. The molecule has 2 rings (SSSR count). The lowest BCUT2D eigenvalue weighted by Crippen LogP contribution is -1.81. The fourth-order valence-electron chi connectivity index (χ4n) is 0.892. The van der Waals surface area contributed by atoms with Gasteiger partial charge in [0.05, 0.1) is 11.7 Å². The molecule has 2 aromatic heterocycles. The molecule has 0 aliphatic rings. The minimum atomic E-state index is -1.50. The molecule has 0 fully saturated rings. The molecule has 0 unspecified atom stereocenters. The summed E-state index contributed by atoms with van der Waals surface area (Å²) in [5.41, 5.74) is 1.09. The smallest absolute Gasteiger partial charge is 0.291 e. The molecule has 2 heterocycles. The normalized spacial score (nSPS) is 8.92. The van der Waals surface area contributed by atoms with Crippen molar-refractivity contribution >= 4 is 10.9 Å². The lowest BCUT2D eigenvalue weighted by atomic mass is 10.3. The Bertz CT molecular complexity index is 364. The maximum Gasteiger partial charge on any atom is 0.291 e. The predicted octanol–water partition coefficient (Wildman–Crippen LogP) is 1.22. The molecular weight excluding hydrogens is 174 g/mol. The lowest BCUT2D eigenvalue weighted by molar-refractivity contribution is -0.742. The number of hydrogen-bond acceptors (Lipinski definition) is 3. The first-order valence-corrected chi connectivity index (χ1v) is 3.40. The van der Waals surface area contributed by atoms with Crippen molar-refractivity contribution in [1.82, 2.24) is 9.97 Å². The Morgan fingerprint density at radius 1 is 1.54 bits per heavy atom. The number of fused-ring (bicyclic) bond motifs is 1. The summed E-state index contributed by atoms with van der Waals surface area (Å²) in [6.07, 6.45) is 5.51. The molecule has 6 nitrogen and oxygen atoms in total. The van der Waals surface area contributed by atoms with Crippen LogP contribution in [0.1, 0.15) is 0 Å². The van der Waals surface area contributed by atoms with E-state index >= 15 is 0 Å². The summed E-state index contributed by atoms with van der Waals surface area (Å²) >= 11 is 0. The van der Waals surface area contributed by atoms with E-state index in [9.17, 15) is 0 Å². The van der Waals surface area contributed by atoms with Gasteiger partial charge in [0, 0.05) is 17.8 Å². The van der Waals surface area contributed by atoms with Gasteiger partial charge in [-0.1, -0.05) is 0 Å². The van der Waals surface area contributed by atoms with Gasteiger partial charge in [-0.3, -0.25) is 4.98 Å². The molecule has 2 N–H and O–H groups in total. The average Bonchev–Trinajstić information content (AvgIpc) is 2.49. The van der Waals surface area contributed by atoms with E-state index in [2.05, 4.69) is 9.97 Å². The van der Waals surface area contributed by atoms with Crippen LogP contribution in [0.3, 0.4) is 0 Å². The molecule has 0 radical (unpaired) electrons. The third-order valence-electron chi connectivity index (χ3n) is 1.36. The highest BCUT2D eigenvalue weighted by molar-refractivity contribution is 5.77. The molecular formula is C7H7N3O3. The van der Waals surface area contributed by atoms with Crippen molar-refractivity contribution in [2.75, 3.05) is 0 Å². The number of aromatic amines is 1. The van der Waals surface area contributed by atoms with Crippen molar-refractivity contribution in [3.8, 4) is 0 Å². The summed E-state index contributed by atoms with van der Waals surface area (Å²) in [4.78, 5) is 15.4. The standard InChI is InChI=1S/C7H6N2.HNO3/c1-3-8-5-7-6(1)2-4-9-7;2-1(3)4/h1-5,9H;(H,2,3,4). The molecule has 0 aliphatic carbocycles. The molecule has 0 bridgehead atoms. The van der Waals surface area contributed by atoms with Crippen LogP contribution in [-0.2, 0) is 0 Å². The molecule has 13 heavy (non-hydrogen) atoms. The summed E-state index contributed by atoms with van der Waals surface area (Å²) in [5.74, 6) is 0. The van der Waals surface area contributed by atoms with Gasteiger partial charge in [-0.2, -0.15) is 0 Å². The second-order valence-corrected chi connectivity index (χ2v) is 2.18. The van der Waals surface area contributed by atoms with E-state index in [0.717, 1.165) is 5.52 Å². The highest BCUT2D eigenvalue weighted by Gasteiger charge is 1.87. The quantitative estimate of drug-likeness (QED) is 0.472. The first-order chi connectivity index (χ1) is 6.20. The zero-order valence-electron chi connectivity index (χ0n) is 6.54. The number of H-pyrrole nitrogens is 1. The number of hydrogen-bond donors (Lipinski definition) is 2. The van der Waals surface area contributed by atoms with Gasteiger partial charge in [0.2, 0.25) is 0 Å². The van der Waals surface area contributed by atoms with Gasteiger partial charge >= 0.3 is 0 Å². The molecule has 0 aromatic carbocycles. The van der Waals surface area contributed by atoms with Crippen molar-refractivity contribution in [1.29, 1.82) is 0 Å². The lowest BCUT2D eigenvalue weighted by Gasteiger charge is -1.82. The van der Waals surface area contributed by atoms with Gasteiger partial charge in [0.25, 0.3) is 5.09 Å². The number of nitrogens with zero attached hydrogens (tertiary/aromatic N) is 2. The zero-order chi connectivity index (χ0) is 9.68. The maximum absolute atomic E-state index is 8.36. The van der Waals surface area contributed by atoms with Gasteiger partial charge in [-0.25, -0.2) is 0 Å². The topological polar surface area (TPSA) is 92.0 Å². The first kappa shape index (κ1) is 8.98. The third kappa shape index (κ3) is 2.78. The van der Waals surface area contributed by atoms with Gasteiger partial charge < -0.3 is 10.2 Å². The molecule has 0 spiro atoms.